The van der Waals surface area contributed by atoms with E-state index in [1.54, 1.807) is 12.1 Å². The summed E-state index contributed by atoms with van der Waals surface area (Å²) < 4.78 is 13.0. The molecule has 1 aromatic rings. The van der Waals surface area contributed by atoms with Crippen LogP contribution in [0, 0.1) is 11.2 Å². The van der Waals surface area contributed by atoms with Crippen LogP contribution in [0.4, 0.5) is 4.39 Å². The van der Waals surface area contributed by atoms with Crippen molar-refractivity contribution in [3.8, 4) is 0 Å². The predicted octanol–water partition coefficient (Wildman–Crippen LogP) is 3.14. The quantitative estimate of drug-likeness (QED) is 0.912. The zero-order valence-electron chi connectivity index (χ0n) is 10.9. The monoisotopic (exact) mass is 264 g/mol. The van der Waals surface area contributed by atoms with Crippen LogP contribution in [-0.4, -0.2) is 16.9 Å². The lowest BCUT2D eigenvalue weighted by atomic mass is 9.62. The van der Waals surface area contributed by atoms with Crippen molar-refractivity contribution < 1.29 is 19.1 Å². The highest BCUT2D eigenvalue weighted by atomic mass is 19.1. The van der Waals surface area contributed by atoms with Crippen LogP contribution >= 0.6 is 0 Å². The largest absolute Gasteiger partial charge is 0.481 e. The summed E-state index contributed by atoms with van der Waals surface area (Å²) >= 11 is 0. The molecule has 0 spiro atoms. The van der Waals surface area contributed by atoms with Crippen molar-refractivity contribution in [2.24, 2.45) is 5.41 Å². The molecule has 4 heteroatoms. The smallest absolute Gasteiger partial charge is 0.310 e. The van der Waals surface area contributed by atoms with Crippen LogP contribution in [-0.2, 0) is 9.59 Å². The average Bonchev–Trinajstić information content (AvgIpc) is 2.39. The summed E-state index contributed by atoms with van der Waals surface area (Å²) in [6, 6.07) is 5.81. The minimum absolute atomic E-state index is 0.0830. The Hall–Kier alpha value is -1.71. The number of rotatable bonds is 3. The predicted molar refractivity (Wildman–Crippen MR) is 68.4 cm³/mol. The van der Waals surface area contributed by atoms with Crippen LogP contribution in [0.5, 0.6) is 0 Å². The van der Waals surface area contributed by atoms with Crippen LogP contribution in [0.3, 0.4) is 0 Å². The SMILES string of the molecule is CCC1(C(=O)O)CCC(=O)CC1c1ccc(F)cc1. The van der Waals surface area contributed by atoms with Crippen molar-refractivity contribution in [3.63, 3.8) is 0 Å². The lowest BCUT2D eigenvalue weighted by Crippen LogP contribution is -2.41. The number of halogens is 1. The fraction of sp³-hybridized carbons (Fsp3) is 0.467. The maximum absolute atomic E-state index is 13.0. The van der Waals surface area contributed by atoms with Gasteiger partial charge in [0, 0.05) is 18.8 Å². The summed E-state index contributed by atoms with van der Waals surface area (Å²) in [5.74, 6) is -1.50. The molecule has 0 radical (unpaired) electrons. The Morgan fingerprint density at radius 2 is 2.05 bits per heavy atom. The van der Waals surface area contributed by atoms with Crippen molar-refractivity contribution >= 4 is 11.8 Å². The summed E-state index contributed by atoms with van der Waals surface area (Å²) in [6.07, 6.45) is 1.38. The topological polar surface area (TPSA) is 54.4 Å². The van der Waals surface area contributed by atoms with Gasteiger partial charge in [0.1, 0.15) is 11.6 Å². The summed E-state index contributed by atoms with van der Waals surface area (Å²) in [7, 11) is 0. The first-order valence-electron chi connectivity index (χ1n) is 6.50. The first-order chi connectivity index (χ1) is 8.99. The molecule has 3 nitrogen and oxygen atoms in total. The molecule has 0 heterocycles. The highest BCUT2D eigenvalue weighted by Crippen LogP contribution is 2.48. The van der Waals surface area contributed by atoms with Crippen LogP contribution in [0.15, 0.2) is 24.3 Å². The van der Waals surface area contributed by atoms with Crippen molar-refractivity contribution in [3.05, 3.63) is 35.6 Å². The van der Waals surface area contributed by atoms with E-state index in [2.05, 4.69) is 0 Å². The van der Waals surface area contributed by atoms with E-state index in [0.717, 1.165) is 5.56 Å². The lowest BCUT2D eigenvalue weighted by Gasteiger charge is -2.40. The van der Waals surface area contributed by atoms with Gasteiger partial charge in [0.15, 0.2) is 0 Å². The second-order valence-corrected chi connectivity index (χ2v) is 5.16. The molecule has 0 aromatic heterocycles. The number of benzene rings is 1. The van der Waals surface area contributed by atoms with Gasteiger partial charge in [-0.3, -0.25) is 9.59 Å². The number of hydrogen-bond acceptors (Lipinski definition) is 2. The van der Waals surface area contributed by atoms with Crippen molar-refractivity contribution in [1.82, 2.24) is 0 Å². The number of hydrogen-bond donors (Lipinski definition) is 1. The Morgan fingerprint density at radius 1 is 1.42 bits per heavy atom. The van der Waals surface area contributed by atoms with Gasteiger partial charge in [-0.05, 0) is 30.5 Å². The van der Waals surface area contributed by atoms with E-state index in [-0.39, 0.29) is 23.9 Å². The standard InChI is InChI=1S/C15H17FO3/c1-2-15(14(18)19)8-7-12(17)9-13(15)10-3-5-11(16)6-4-10/h3-6,13H,2,7-9H2,1H3,(H,18,19). The minimum atomic E-state index is -0.911. The molecule has 2 atom stereocenters. The fourth-order valence-electron chi connectivity index (χ4n) is 3.02. The second kappa shape index (κ2) is 5.11. The van der Waals surface area contributed by atoms with E-state index in [1.807, 2.05) is 6.92 Å². The van der Waals surface area contributed by atoms with E-state index >= 15 is 0 Å². The van der Waals surface area contributed by atoms with Gasteiger partial charge in [-0.15, -0.1) is 0 Å². The Bertz CT molecular complexity index is 495. The van der Waals surface area contributed by atoms with Crippen molar-refractivity contribution in [2.75, 3.05) is 0 Å². The molecule has 1 aliphatic rings. The molecule has 0 bridgehead atoms. The molecule has 1 aromatic carbocycles. The van der Waals surface area contributed by atoms with Gasteiger partial charge < -0.3 is 5.11 Å². The molecule has 0 amide bonds. The number of aliphatic carboxylic acids is 1. The summed E-state index contributed by atoms with van der Waals surface area (Å²) in [4.78, 5) is 23.4. The number of carbonyl (C=O) groups excluding carboxylic acids is 1. The molecular formula is C15H17FO3. The molecule has 19 heavy (non-hydrogen) atoms. The van der Waals surface area contributed by atoms with E-state index in [0.29, 0.717) is 19.3 Å². The average molecular weight is 264 g/mol. The van der Waals surface area contributed by atoms with Crippen LogP contribution < -0.4 is 0 Å². The Morgan fingerprint density at radius 3 is 2.58 bits per heavy atom. The lowest BCUT2D eigenvalue weighted by molar-refractivity contribution is -0.153. The maximum atomic E-state index is 13.0. The third-order valence-electron chi connectivity index (χ3n) is 4.28. The molecule has 0 saturated heterocycles. The highest BCUT2D eigenvalue weighted by Gasteiger charge is 2.48. The zero-order chi connectivity index (χ0) is 14.0. The second-order valence-electron chi connectivity index (χ2n) is 5.16. The number of Topliss-reactive ketones (excluding diaryl/α,β-unsaturated/α-hetero) is 1. The Balaban J connectivity index is 2.44. The highest BCUT2D eigenvalue weighted by molar-refractivity contribution is 5.85. The maximum Gasteiger partial charge on any atom is 0.310 e. The number of carboxylic acids is 1. The van der Waals surface area contributed by atoms with Gasteiger partial charge in [0.05, 0.1) is 5.41 Å². The van der Waals surface area contributed by atoms with Gasteiger partial charge in [0.25, 0.3) is 0 Å². The fourth-order valence-corrected chi connectivity index (χ4v) is 3.02. The van der Waals surface area contributed by atoms with Gasteiger partial charge in [-0.2, -0.15) is 0 Å². The molecule has 2 rings (SSSR count). The Labute approximate surface area is 111 Å². The minimum Gasteiger partial charge on any atom is -0.481 e. The van der Waals surface area contributed by atoms with Crippen LogP contribution in [0.2, 0.25) is 0 Å². The van der Waals surface area contributed by atoms with Gasteiger partial charge in [-0.1, -0.05) is 19.1 Å². The molecule has 1 N–H and O–H groups in total. The van der Waals surface area contributed by atoms with Gasteiger partial charge >= 0.3 is 5.97 Å². The summed E-state index contributed by atoms with van der Waals surface area (Å²) in [6.45, 7) is 1.83. The molecule has 102 valence electrons. The van der Waals surface area contributed by atoms with Crippen LogP contribution in [0.1, 0.15) is 44.1 Å². The molecule has 1 saturated carbocycles. The molecular weight excluding hydrogens is 247 g/mol. The van der Waals surface area contributed by atoms with Crippen molar-refractivity contribution in [2.45, 2.75) is 38.5 Å². The van der Waals surface area contributed by atoms with Crippen LogP contribution in [0.25, 0.3) is 0 Å². The Kier molecular flexibility index (Phi) is 3.69. The molecule has 1 aliphatic carbocycles. The third kappa shape index (κ3) is 2.39. The summed E-state index contributed by atoms with van der Waals surface area (Å²) in [5.41, 5.74) is -0.176. The van der Waals surface area contributed by atoms with Gasteiger partial charge in [-0.25, -0.2) is 4.39 Å². The van der Waals surface area contributed by atoms with E-state index < -0.39 is 11.4 Å². The van der Waals surface area contributed by atoms with Crippen molar-refractivity contribution in [1.29, 1.82) is 0 Å². The molecule has 2 unspecified atom stereocenters. The number of ketones is 1. The van der Waals surface area contributed by atoms with Gasteiger partial charge in [0.2, 0.25) is 0 Å². The first-order valence-corrected chi connectivity index (χ1v) is 6.50. The molecule has 1 fully saturated rings. The summed E-state index contributed by atoms with van der Waals surface area (Å²) in [5, 5.41) is 9.58. The number of carboxylic acid groups (broad SMARTS) is 1. The van der Waals surface area contributed by atoms with E-state index in [9.17, 15) is 19.1 Å². The third-order valence-corrected chi connectivity index (χ3v) is 4.28. The van der Waals surface area contributed by atoms with E-state index in [1.165, 1.54) is 12.1 Å². The zero-order valence-corrected chi connectivity index (χ0v) is 10.9. The van der Waals surface area contributed by atoms with E-state index in [4.69, 9.17) is 0 Å². The molecule has 0 aliphatic heterocycles. The normalized spacial score (nSPS) is 27.3. The number of carbonyl (C=O) groups is 2. The first kappa shape index (κ1) is 13.7.